The molecule has 0 aliphatic carbocycles. The summed E-state index contributed by atoms with van der Waals surface area (Å²) in [5, 5.41) is 18.2. The first-order chi connectivity index (χ1) is 19.4. The molecule has 9 heteroatoms. The molecular weight excluding hydrogens is 513 g/mol. The van der Waals surface area contributed by atoms with E-state index in [0.717, 1.165) is 24.9 Å². The Bertz CT molecular complexity index is 1160. The van der Waals surface area contributed by atoms with Crippen molar-refractivity contribution in [3.05, 3.63) is 59.4 Å². The molecule has 2 aliphatic heterocycles. The highest BCUT2D eigenvalue weighted by Gasteiger charge is 2.43. The van der Waals surface area contributed by atoms with Crippen molar-refractivity contribution >= 4 is 12.0 Å². The Morgan fingerprint density at radius 3 is 2.85 bits per heavy atom. The molecule has 2 aromatic rings. The number of hydrogen-bond donors (Lipinski definition) is 3. The van der Waals surface area contributed by atoms with E-state index >= 15 is 4.39 Å². The van der Waals surface area contributed by atoms with Gasteiger partial charge in [0.15, 0.2) is 0 Å². The van der Waals surface area contributed by atoms with Crippen LogP contribution in [0.4, 0.5) is 9.18 Å². The van der Waals surface area contributed by atoms with Crippen LogP contribution in [0.15, 0.2) is 42.5 Å². The molecule has 4 rings (SSSR count). The lowest BCUT2D eigenvalue weighted by Gasteiger charge is -2.44. The first-order valence-corrected chi connectivity index (χ1v) is 14.4. The number of aliphatic hydroxyl groups is 1. The van der Waals surface area contributed by atoms with Gasteiger partial charge in [0.2, 0.25) is 5.91 Å². The minimum absolute atomic E-state index is 0.00110. The second kappa shape index (κ2) is 14.1. The monoisotopic (exact) mass is 555 g/mol. The highest BCUT2D eigenvalue weighted by molar-refractivity contribution is 5.77. The smallest absolute Gasteiger partial charge is 0.406 e. The first kappa shape index (κ1) is 30.0. The van der Waals surface area contributed by atoms with Gasteiger partial charge in [-0.2, -0.15) is 0 Å². The van der Waals surface area contributed by atoms with Crippen molar-refractivity contribution in [1.82, 2.24) is 15.5 Å². The number of nitrogens with zero attached hydrogens (tertiary/aromatic N) is 1. The highest BCUT2D eigenvalue weighted by atomic mass is 19.1. The molecule has 2 amide bonds. The van der Waals surface area contributed by atoms with Crippen LogP contribution in [0, 0.1) is 11.7 Å². The van der Waals surface area contributed by atoms with Crippen molar-refractivity contribution in [2.75, 3.05) is 46.4 Å². The quantitative estimate of drug-likeness (QED) is 0.384. The maximum absolute atomic E-state index is 15.6. The van der Waals surface area contributed by atoms with E-state index in [2.05, 4.69) is 10.6 Å². The number of aryl methyl sites for hydroxylation is 1. The molecule has 2 fully saturated rings. The van der Waals surface area contributed by atoms with Crippen LogP contribution in [0.3, 0.4) is 0 Å². The molecule has 0 radical (unpaired) electrons. The molecule has 2 saturated heterocycles. The molecule has 218 valence electrons. The molecular formula is C31H42FN3O5. The van der Waals surface area contributed by atoms with Crippen molar-refractivity contribution in [3.8, 4) is 11.1 Å². The third-order valence-electron chi connectivity index (χ3n) is 8.10. The summed E-state index contributed by atoms with van der Waals surface area (Å²) in [5.41, 5.74) is 1.20. The molecule has 40 heavy (non-hydrogen) atoms. The van der Waals surface area contributed by atoms with E-state index < -0.39 is 17.5 Å². The molecule has 8 nitrogen and oxygen atoms in total. The standard InChI is InChI=1S/C31H42FN3O5/c1-3-22-8-4-9-23(18-22)29-26(11-5-12-27(29)32)31(38,13-7-16-40-30(37)33-2)24-10-6-15-35(21-24)28(36)19-25-20-34-14-17-39-25/h4-5,8-9,11-12,18,24-25,34,38H,3,6-7,10,13-17,19-21H2,1-2H3,(H,33,37). The third-order valence-corrected chi connectivity index (χ3v) is 8.10. The number of hydrogen-bond acceptors (Lipinski definition) is 6. The topological polar surface area (TPSA) is 100 Å². The van der Waals surface area contributed by atoms with Crippen LogP contribution in [0.1, 0.15) is 50.2 Å². The van der Waals surface area contributed by atoms with Gasteiger partial charge in [-0.05, 0) is 54.9 Å². The van der Waals surface area contributed by atoms with Gasteiger partial charge >= 0.3 is 6.09 Å². The number of likely N-dealkylation sites (tertiary alicyclic amines) is 1. The van der Waals surface area contributed by atoms with Crippen molar-refractivity contribution in [2.45, 2.75) is 57.2 Å². The molecule has 0 bridgehead atoms. The van der Waals surface area contributed by atoms with E-state index in [-0.39, 0.29) is 37.4 Å². The Morgan fingerprint density at radius 1 is 1.27 bits per heavy atom. The summed E-state index contributed by atoms with van der Waals surface area (Å²) in [6, 6.07) is 12.6. The maximum atomic E-state index is 15.6. The van der Waals surface area contributed by atoms with Gasteiger partial charge in [0.05, 0.1) is 31.3 Å². The van der Waals surface area contributed by atoms with Gasteiger partial charge in [-0.25, -0.2) is 9.18 Å². The highest BCUT2D eigenvalue weighted by Crippen LogP contribution is 2.44. The molecule has 0 aromatic heterocycles. The molecule has 2 aromatic carbocycles. The second-order valence-electron chi connectivity index (χ2n) is 10.7. The van der Waals surface area contributed by atoms with Gasteiger partial charge in [-0.1, -0.05) is 43.3 Å². The maximum Gasteiger partial charge on any atom is 0.406 e. The molecule has 2 heterocycles. The van der Waals surface area contributed by atoms with Crippen LogP contribution in [-0.4, -0.2) is 74.6 Å². The molecule has 2 aliphatic rings. The number of nitrogens with one attached hydrogen (secondary N) is 2. The number of amides is 2. The summed E-state index contributed by atoms with van der Waals surface area (Å²) in [6.07, 6.45) is 2.42. The Kier molecular flexibility index (Phi) is 10.5. The number of carbonyl (C=O) groups excluding carboxylic acids is 2. The fourth-order valence-electron chi connectivity index (χ4n) is 5.93. The number of rotatable bonds is 10. The van der Waals surface area contributed by atoms with Gasteiger partial charge in [0.25, 0.3) is 0 Å². The minimum atomic E-state index is -1.45. The van der Waals surface area contributed by atoms with Crippen molar-refractivity contribution in [2.24, 2.45) is 5.92 Å². The van der Waals surface area contributed by atoms with Crippen LogP contribution in [-0.2, 0) is 26.3 Å². The summed E-state index contributed by atoms with van der Waals surface area (Å²) in [5.74, 6) is -0.735. The molecule has 0 saturated carbocycles. The van der Waals surface area contributed by atoms with Crippen LogP contribution in [0.5, 0.6) is 0 Å². The lowest BCUT2D eigenvalue weighted by molar-refractivity contribution is -0.140. The average Bonchev–Trinajstić information content (AvgIpc) is 2.99. The largest absolute Gasteiger partial charge is 0.450 e. The van der Waals surface area contributed by atoms with Gasteiger partial charge in [-0.3, -0.25) is 4.79 Å². The van der Waals surface area contributed by atoms with E-state index in [1.807, 2.05) is 36.1 Å². The zero-order valence-electron chi connectivity index (χ0n) is 23.6. The number of morpholine rings is 1. The fraction of sp³-hybridized carbons (Fsp3) is 0.548. The first-order valence-electron chi connectivity index (χ1n) is 14.4. The number of benzene rings is 2. The second-order valence-corrected chi connectivity index (χ2v) is 10.7. The summed E-state index contributed by atoms with van der Waals surface area (Å²) in [4.78, 5) is 26.7. The summed E-state index contributed by atoms with van der Waals surface area (Å²) >= 11 is 0. The van der Waals surface area contributed by atoms with Crippen LogP contribution in [0.2, 0.25) is 0 Å². The number of piperidine rings is 1. The van der Waals surface area contributed by atoms with Gasteiger partial charge in [-0.15, -0.1) is 0 Å². The van der Waals surface area contributed by atoms with E-state index in [1.165, 1.54) is 13.1 Å². The Hall–Kier alpha value is -3.01. The number of ether oxygens (including phenoxy) is 2. The molecule has 3 atom stereocenters. The zero-order chi connectivity index (χ0) is 28.5. The number of halogens is 1. The van der Waals surface area contributed by atoms with E-state index in [0.29, 0.717) is 55.8 Å². The summed E-state index contributed by atoms with van der Waals surface area (Å²) in [6.45, 7) is 5.13. The fourth-order valence-corrected chi connectivity index (χ4v) is 5.93. The minimum Gasteiger partial charge on any atom is -0.450 e. The molecule has 0 spiro atoms. The van der Waals surface area contributed by atoms with Crippen molar-refractivity contribution < 1.29 is 28.6 Å². The van der Waals surface area contributed by atoms with Crippen LogP contribution < -0.4 is 10.6 Å². The van der Waals surface area contributed by atoms with Crippen LogP contribution >= 0.6 is 0 Å². The molecule has 3 unspecified atom stereocenters. The zero-order valence-corrected chi connectivity index (χ0v) is 23.6. The van der Waals surface area contributed by atoms with Gasteiger partial charge in [0, 0.05) is 44.7 Å². The summed E-state index contributed by atoms with van der Waals surface area (Å²) < 4.78 is 26.6. The van der Waals surface area contributed by atoms with Crippen molar-refractivity contribution in [3.63, 3.8) is 0 Å². The average molecular weight is 556 g/mol. The van der Waals surface area contributed by atoms with Gasteiger partial charge in [0.1, 0.15) is 5.82 Å². The Labute approximate surface area is 236 Å². The Morgan fingerprint density at radius 2 is 2.10 bits per heavy atom. The lowest BCUT2D eigenvalue weighted by Crippen LogP contribution is -2.50. The van der Waals surface area contributed by atoms with Crippen LogP contribution in [0.25, 0.3) is 11.1 Å². The number of alkyl carbamates (subject to hydrolysis) is 1. The van der Waals surface area contributed by atoms with Crippen molar-refractivity contribution in [1.29, 1.82) is 0 Å². The number of carbonyl (C=O) groups is 2. The van der Waals surface area contributed by atoms with E-state index in [9.17, 15) is 14.7 Å². The lowest BCUT2D eigenvalue weighted by atomic mass is 9.72. The van der Waals surface area contributed by atoms with E-state index in [1.54, 1.807) is 12.1 Å². The normalized spacial score (nSPS) is 20.9. The Balaban J connectivity index is 1.65. The summed E-state index contributed by atoms with van der Waals surface area (Å²) in [7, 11) is 1.49. The van der Waals surface area contributed by atoms with Gasteiger partial charge < -0.3 is 30.1 Å². The third kappa shape index (κ3) is 7.19. The SMILES string of the molecule is CCc1cccc(-c2c(F)cccc2C(O)(CCCOC(=O)NC)C2CCCN(C(=O)CC3CNCCO3)C2)c1. The van der Waals surface area contributed by atoms with E-state index in [4.69, 9.17) is 9.47 Å². The molecule has 3 N–H and O–H groups in total. The predicted molar refractivity (Wildman–Crippen MR) is 151 cm³/mol. The predicted octanol–water partition coefficient (Wildman–Crippen LogP) is 4.00.